The number of benzene rings is 3. The molecule has 4 rings (SSSR count). The molecule has 0 radical (unpaired) electrons. The molecule has 3 aromatic rings. The Hall–Kier alpha value is -3.12. The number of hydrogen-bond donors (Lipinski definition) is 0. The summed E-state index contributed by atoms with van der Waals surface area (Å²) in [5.41, 5.74) is 5.31. The summed E-state index contributed by atoms with van der Waals surface area (Å²) < 4.78 is 28.5. The van der Waals surface area contributed by atoms with Crippen LogP contribution in [0.4, 0.5) is 11.4 Å². The van der Waals surface area contributed by atoms with Gasteiger partial charge in [0.2, 0.25) is 5.91 Å². The molecule has 5 nitrogen and oxygen atoms in total. The van der Waals surface area contributed by atoms with Crippen LogP contribution < -0.4 is 9.21 Å². The fourth-order valence-electron chi connectivity index (χ4n) is 4.03. The number of amides is 1. The quantitative estimate of drug-likeness (QED) is 0.598. The lowest BCUT2D eigenvalue weighted by atomic mass is 10.1. The molecule has 0 saturated heterocycles. The topological polar surface area (TPSA) is 57.7 Å². The summed E-state index contributed by atoms with van der Waals surface area (Å²) in [5, 5.41) is 0. The zero-order valence-electron chi connectivity index (χ0n) is 18.0. The first-order chi connectivity index (χ1) is 14.8. The van der Waals surface area contributed by atoms with Gasteiger partial charge in [-0.25, -0.2) is 8.42 Å². The molecule has 1 aliphatic rings. The number of nitrogens with zero attached hydrogens (tertiary/aromatic N) is 2. The van der Waals surface area contributed by atoms with Gasteiger partial charge in [-0.15, -0.1) is 0 Å². The van der Waals surface area contributed by atoms with Crippen molar-refractivity contribution in [1.82, 2.24) is 0 Å². The van der Waals surface area contributed by atoms with Crippen LogP contribution in [0.3, 0.4) is 0 Å². The van der Waals surface area contributed by atoms with Crippen LogP contribution in [0.25, 0.3) is 0 Å². The van der Waals surface area contributed by atoms with Crippen molar-refractivity contribution in [3.63, 3.8) is 0 Å². The van der Waals surface area contributed by atoms with Crippen LogP contribution in [0.15, 0.2) is 71.6 Å². The van der Waals surface area contributed by atoms with E-state index >= 15 is 0 Å². The summed E-state index contributed by atoms with van der Waals surface area (Å²) in [7, 11) is -3.92. The highest BCUT2D eigenvalue weighted by molar-refractivity contribution is 7.92. The summed E-state index contributed by atoms with van der Waals surface area (Å²) in [6.45, 7) is 6.04. The number of hydrogen-bond acceptors (Lipinski definition) is 3. The summed E-state index contributed by atoms with van der Waals surface area (Å²) in [6, 6.07) is 20.1. The van der Waals surface area contributed by atoms with Gasteiger partial charge < -0.3 is 4.90 Å². The van der Waals surface area contributed by atoms with Crippen LogP contribution in [0, 0.1) is 20.8 Å². The maximum atomic E-state index is 13.6. The molecule has 1 amide bonds. The molecule has 31 heavy (non-hydrogen) atoms. The molecule has 0 atom stereocenters. The Bertz CT molecular complexity index is 1230. The highest BCUT2D eigenvalue weighted by atomic mass is 32.2. The number of carbonyl (C=O) groups excluding carboxylic acids is 1. The molecule has 3 aromatic carbocycles. The van der Waals surface area contributed by atoms with E-state index < -0.39 is 10.0 Å². The van der Waals surface area contributed by atoms with Gasteiger partial charge in [0.15, 0.2) is 0 Å². The van der Waals surface area contributed by atoms with E-state index in [4.69, 9.17) is 0 Å². The number of anilines is 2. The first-order valence-corrected chi connectivity index (χ1v) is 11.8. The molecule has 0 N–H and O–H groups in total. The van der Waals surface area contributed by atoms with Gasteiger partial charge in [-0.3, -0.25) is 9.10 Å². The highest BCUT2D eigenvalue weighted by Gasteiger charge is 2.32. The second kappa shape index (κ2) is 8.19. The first kappa shape index (κ1) is 21.1. The third-order valence-electron chi connectivity index (χ3n) is 5.70. The van der Waals surface area contributed by atoms with Gasteiger partial charge in [0.05, 0.1) is 10.6 Å². The van der Waals surface area contributed by atoms with Crippen molar-refractivity contribution in [2.24, 2.45) is 0 Å². The summed E-state index contributed by atoms with van der Waals surface area (Å²) in [5.74, 6) is -0.236. The lowest BCUT2D eigenvalue weighted by molar-refractivity contribution is -0.117. The fraction of sp³-hybridized carbons (Fsp3) is 0.240. The number of fused-ring (bicyclic) bond motifs is 1. The van der Waals surface area contributed by atoms with Crippen molar-refractivity contribution in [2.45, 2.75) is 32.1 Å². The smallest absolute Gasteiger partial charge is 0.264 e. The van der Waals surface area contributed by atoms with E-state index in [-0.39, 0.29) is 17.3 Å². The van der Waals surface area contributed by atoms with Gasteiger partial charge in [0, 0.05) is 12.2 Å². The predicted molar refractivity (Wildman–Crippen MR) is 124 cm³/mol. The largest absolute Gasteiger partial charge is 0.310 e. The average molecular weight is 435 g/mol. The van der Waals surface area contributed by atoms with Crippen molar-refractivity contribution in [3.8, 4) is 0 Å². The molecule has 0 aromatic heterocycles. The van der Waals surface area contributed by atoms with Gasteiger partial charge in [-0.1, -0.05) is 53.6 Å². The van der Waals surface area contributed by atoms with Gasteiger partial charge in [-0.2, -0.15) is 0 Å². The molecular weight excluding hydrogens is 408 g/mol. The minimum atomic E-state index is -3.92. The molecular formula is C25H26N2O3S. The normalized spacial score (nSPS) is 13.2. The van der Waals surface area contributed by atoms with Gasteiger partial charge in [0.25, 0.3) is 10.0 Å². The first-order valence-electron chi connectivity index (χ1n) is 10.3. The molecule has 0 aliphatic carbocycles. The molecule has 0 fully saturated rings. The molecule has 0 bridgehead atoms. The third kappa shape index (κ3) is 4.08. The lowest BCUT2D eigenvalue weighted by Crippen LogP contribution is -2.43. The molecule has 6 heteroatoms. The van der Waals surface area contributed by atoms with E-state index in [0.717, 1.165) is 34.4 Å². The molecule has 1 aliphatic heterocycles. The van der Waals surface area contributed by atoms with Crippen molar-refractivity contribution in [2.75, 3.05) is 22.3 Å². The van der Waals surface area contributed by atoms with Crippen LogP contribution >= 0.6 is 0 Å². The van der Waals surface area contributed by atoms with Gasteiger partial charge in [0.1, 0.15) is 6.54 Å². The van der Waals surface area contributed by atoms with Crippen LogP contribution in [0.2, 0.25) is 0 Å². The van der Waals surface area contributed by atoms with E-state index in [2.05, 4.69) is 0 Å². The highest BCUT2D eigenvalue weighted by Crippen LogP contribution is 2.31. The maximum absolute atomic E-state index is 13.6. The van der Waals surface area contributed by atoms with E-state index in [0.29, 0.717) is 12.2 Å². The van der Waals surface area contributed by atoms with E-state index in [1.807, 2.05) is 57.2 Å². The van der Waals surface area contributed by atoms with Crippen LogP contribution in [-0.2, 0) is 21.2 Å². The summed E-state index contributed by atoms with van der Waals surface area (Å²) in [6.07, 6.45) is 0.774. The Kier molecular flexibility index (Phi) is 5.58. The van der Waals surface area contributed by atoms with Crippen molar-refractivity contribution in [1.29, 1.82) is 0 Å². The van der Waals surface area contributed by atoms with Crippen molar-refractivity contribution >= 4 is 27.3 Å². The molecule has 160 valence electrons. The second-order valence-electron chi connectivity index (χ2n) is 8.04. The zero-order chi connectivity index (χ0) is 22.2. The maximum Gasteiger partial charge on any atom is 0.264 e. The van der Waals surface area contributed by atoms with E-state index in [1.165, 1.54) is 4.31 Å². The predicted octanol–water partition coefficient (Wildman–Crippen LogP) is 4.40. The number of carbonyl (C=O) groups is 1. The number of para-hydroxylation sites is 1. The number of aryl methyl sites for hydroxylation is 3. The minimum Gasteiger partial charge on any atom is -0.310 e. The van der Waals surface area contributed by atoms with Crippen LogP contribution in [0.5, 0.6) is 0 Å². The van der Waals surface area contributed by atoms with E-state index in [9.17, 15) is 13.2 Å². The Morgan fingerprint density at radius 1 is 0.935 bits per heavy atom. The monoisotopic (exact) mass is 434 g/mol. The molecule has 0 saturated carbocycles. The Balaban J connectivity index is 1.74. The average Bonchev–Trinajstić information content (AvgIpc) is 3.17. The number of rotatable bonds is 5. The minimum absolute atomic E-state index is 0.174. The van der Waals surface area contributed by atoms with E-state index in [1.54, 1.807) is 35.2 Å². The van der Waals surface area contributed by atoms with Gasteiger partial charge >= 0.3 is 0 Å². The standard InChI is InChI=1S/C25H26N2O3S/c1-18-8-11-22(12-9-18)31(29,30)27(23-13-10-19(2)16-20(23)3)17-25(28)26-15-14-21-6-4-5-7-24(21)26/h4-13,16H,14-15,17H2,1-3H3. The SMILES string of the molecule is Cc1ccc(S(=O)(=O)N(CC(=O)N2CCc3ccccc32)c2ccc(C)cc2C)cc1. The third-order valence-corrected chi connectivity index (χ3v) is 7.47. The van der Waals surface area contributed by atoms with Crippen LogP contribution in [-0.4, -0.2) is 27.4 Å². The summed E-state index contributed by atoms with van der Waals surface area (Å²) >= 11 is 0. The molecule has 0 spiro atoms. The second-order valence-corrected chi connectivity index (χ2v) is 9.90. The van der Waals surface area contributed by atoms with Crippen molar-refractivity contribution in [3.05, 3.63) is 89.0 Å². The Morgan fingerprint density at radius 2 is 1.61 bits per heavy atom. The fourth-order valence-corrected chi connectivity index (χ4v) is 5.51. The van der Waals surface area contributed by atoms with Crippen LogP contribution in [0.1, 0.15) is 22.3 Å². The number of sulfonamides is 1. The lowest BCUT2D eigenvalue weighted by Gasteiger charge is -2.28. The zero-order valence-corrected chi connectivity index (χ0v) is 18.8. The molecule has 1 heterocycles. The van der Waals surface area contributed by atoms with Crippen molar-refractivity contribution < 1.29 is 13.2 Å². The Labute approximate surface area is 184 Å². The summed E-state index contributed by atoms with van der Waals surface area (Å²) in [4.78, 5) is 15.2. The molecule has 0 unspecified atom stereocenters. The van der Waals surface area contributed by atoms with Gasteiger partial charge in [-0.05, 0) is 62.6 Å². The Morgan fingerprint density at radius 3 is 2.32 bits per heavy atom.